The molecule has 0 radical (unpaired) electrons. The van der Waals surface area contributed by atoms with Crippen molar-refractivity contribution in [1.29, 1.82) is 0 Å². The van der Waals surface area contributed by atoms with Gasteiger partial charge in [-0.3, -0.25) is 4.98 Å². The highest BCUT2D eigenvalue weighted by molar-refractivity contribution is 5.85. The lowest BCUT2D eigenvalue weighted by atomic mass is 10.0. The van der Waals surface area contributed by atoms with Gasteiger partial charge in [-0.15, -0.1) is 0 Å². The SMILES string of the molecule is CCCCN(CCCC)c1ccccc1-c1cnccc1N. The maximum Gasteiger partial charge on any atom is 0.0447 e. The Morgan fingerprint density at radius 1 is 0.955 bits per heavy atom. The zero-order valence-electron chi connectivity index (χ0n) is 13.8. The summed E-state index contributed by atoms with van der Waals surface area (Å²) < 4.78 is 0. The van der Waals surface area contributed by atoms with Gasteiger partial charge in [0, 0.05) is 48.0 Å². The fourth-order valence-electron chi connectivity index (χ4n) is 2.66. The molecule has 2 aromatic rings. The number of rotatable bonds is 8. The number of anilines is 2. The first-order valence-electron chi connectivity index (χ1n) is 8.31. The summed E-state index contributed by atoms with van der Waals surface area (Å²) in [6, 6.07) is 10.4. The zero-order chi connectivity index (χ0) is 15.8. The maximum atomic E-state index is 6.16. The first kappa shape index (κ1) is 16.3. The second kappa shape index (κ2) is 8.42. The van der Waals surface area contributed by atoms with Crippen LogP contribution in [0.2, 0.25) is 0 Å². The number of nitrogens with two attached hydrogens (primary N) is 1. The predicted octanol–water partition coefficient (Wildman–Crippen LogP) is 4.74. The van der Waals surface area contributed by atoms with Crippen molar-refractivity contribution in [3.05, 3.63) is 42.7 Å². The second-order valence-electron chi connectivity index (χ2n) is 5.67. The van der Waals surface area contributed by atoms with Crippen molar-refractivity contribution < 1.29 is 0 Å². The van der Waals surface area contributed by atoms with Crippen LogP contribution >= 0.6 is 0 Å². The van der Waals surface area contributed by atoms with Gasteiger partial charge < -0.3 is 10.6 Å². The van der Waals surface area contributed by atoms with Gasteiger partial charge in [-0.1, -0.05) is 44.9 Å². The molecule has 0 atom stereocenters. The van der Waals surface area contributed by atoms with Crippen LogP contribution in [0.3, 0.4) is 0 Å². The van der Waals surface area contributed by atoms with Crippen LogP contribution in [0.1, 0.15) is 39.5 Å². The lowest BCUT2D eigenvalue weighted by molar-refractivity contribution is 0.678. The van der Waals surface area contributed by atoms with E-state index in [-0.39, 0.29) is 0 Å². The quantitative estimate of drug-likeness (QED) is 0.765. The molecule has 0 aliphatic rings. The molecule has 2 N–H and O–H groups in total. The lowest BCUT2D eigenvalue weighted by Crippen LogP contribution is -2.26. The highest BCUT2D eigenvalue weighted by Gasteiger charge is 2.13. The Labute approximate surface area is 134 Å². The fraction of sp³-hybridized carbons (Fsp3) is 0.421. The van der Waals surface area contributed by atoms with Gasteiger partial charge in [0.25, 0.3) is 0 Å². The molecule has 0 aliphatic carbocycles. The molecular formula is C19H27N3. The number of hydrogen-bond donors (Lipinski definition) is 1. The molecule has 1 heterocycles. The average molecular weight is 297 g/mol. The molecule has 0 amide bonds. The van der Waals surface area contributed by atoms with Crippen LogP contribution in [0, 0.1) is 0 Å². The van der Waals surface area contributed by atoms with E-state index in [1.807, 2.05) is 12.3 Å². The smallest absolute Gasteiger partial charge is 0.0447 e. The predicted molar refractivity (Wildman–Crippen MR) is 96.1 cm³/mol. The summed E-state index contributed by atoms with van der Waals surface area (Å²) in [6.45, 7) is 6.66. The number of hydrogen-bond acceptors (Lipinski definition) is 3. The van der Waals surface area contributed by atoms with Gasteiger partial charge in [0.15, 0.2) is 0 Å². The Balaban J connectivity index is 2.38. The Bertz CT molecular complexity index is 572. The zero-order valence-corrected chi connectivity index (χ0v) is 13.8. The Morgan fingerprint density at radius 3 is 2.27 bits per heavy atom. The molecule has 118 valence electrons. The summed E-state index contributed by atoms with van der Waals surface area (Å²) in [7, 11) is 0. The van der Waals surface area contributed by atoms with Crippen LogP contribution < -0.4 is 10.6 Å². The summed E-state index contributed by atoms with van der Waals surface area (Å²) in [6.07, 6.45) is 8.44. The fourth-order valence-corrected chi connectivity index (χ4v) is 2.66. The van der Waals surface area contributed by atoms with Crippen LogP contribution in [0.4, 0.5) is 11.4 Å². The molecular weight excluding hydrogens is 270 g/mol. The van der Waals surface area contributed by atoms with Crippen molar-refractivity contribution in [2.24, 2.45) is 0 Å². The van der Waals surface area contributed by atoms with Crippen LogP contribution in [-0.2, 0) is 0 Å². The monoisotopic (exact) mass is 297 g/mol. The van der Waals surface area contributed by atoms with Gasteiger partial charge >= 0.3 is 0 Å². The molecule has 1 aromatic heterocycles. The third kappa shape index (κ3) is 4.00. The van der Waals surface area contributed by atoms with Gasteiger partial charge in [0.1, 0.15) is 0 Å². The first-order valence-corrected chi connectivity index (χ1v) is 8.31. The topological polar surface area (TPSA) is 42.2 Å². The summed E-state index contributed by atoms with van der Waals surface area (Å²) >= 11 is 0. The summed E-state index contributed by atoms with van der Waals surface area (Å²) in [4.78, 5) is 6.74. The minimum atomic E-state index is 0.786. The minimum Gasteiger partial charge on any atom is -0.398 e. The number of aromatic nitrogens is 1. The van der Waals surface area contributed by atoms with E-state index in [1.54, 1.807) is 6.20 Å². The number of benzene rings is 1. The van der Waals surface area contributed by atoms with E-state index in [0.717, 1.165) is 24.3 Å². The lowest BCUT2D eigenvalue weighted by Gasteiger charge is -2.27. The van der Waals surface area contributed by atoms with E-state index in [9.17, 15) is 0 Å². The Morgan fingerprint density at radius 2 is 1.64 bits per heavy atom. The molecule has 3 nitrogen and oxygen atoms in total. The summed E-state index contributed by atoms with van der Waals surface area (Å²) in [5.74, 6) is 0. The molecule has 0 bridgehead atoms. The van der Waals surface area contributed by atoms with Crippen molar-refractivity contribution in [2.75, 3.05) is 23.7 Å². The van der Waals surface area contributed by atoms with Crippen molar-refractivity contribution in [1.82, 2.24) is 4.98 Å². The number of para-hydroxylation sites is 1. The molecule has 1 aromatic carbocycles. The molecule has 0 saturated heterocycles. The standard InChI is InChI=1S/C19H27N3/c1-3-5-13-22(14-6-4-2)19-10-8-7-9-16(19)17-15-21-12-11-18(17)20/h7-12,15H,3-6,13-14H2,1-2H3,(H2,20,21). The number of nitrogens with zero attached hydrogens (tertiary/aromatic N) is 2. The van der Waals surface area contributed by atoms with Gasteiger partial charge in [-0.05, 0) is 25.0 Å². The van der Waals surface area contributed by atoms with E-state index in [0.29, 0.717) is 0 Å². The highest BCUT2D eigenvalue weighted by atomic mass is 15.1. The molecule has 0 aliphatic heterocycles. The number of pyridine rings is 1. The highest BCUT2D eigenvalue weighted by Crippen LogP contribution is 2.34. The molecule has 0 saturated carbocycles. The van der Waals surface area contributed by atoms with Gasteiger partial charge in [0.2, 0.25) is 0 Å². The molecule has 0 spiro atoms. The van der Waals surface area contributed by atoms with Gasteiger partial charge in [0.05, 0.1) is 0 Å². The van der Waals surface area contributed by atoms with Gasteiger partial charge in [-0.25, -0.2) is 0 Å². The van der Waals surface area contributed by atoms with Crippen molar-refractivity contribution in [2.45, 2.75) is 39.5 Å². The first-order chi connectivity index (χ1) is 10.8. The number of unbranched alkanes of at least 4 members (excludes halogenated alkanes) is 2. The second-order valence-corrected chi connectivity index (χ2v) is 5.67. The van der Waals surface area contributed by atoms with Crippen LogP contribution in [0.15, 0.2) is 42.7 Å². The number of nitrogen functional groups attached to an aromatic ring is 1. The summed E-state index contributed by atoms with van der Waals surface area (Å²) in [5.41, 5.74) is 10.4. The van der Waals surface area contributed by atoms with Crippen molar-refractivity contribution in [3.8, 4) is 11.1 Å². The molecule has 0 fully saturated rings. The van der Waals surface area contributed by atoms with E-state index in [4.69, 9.17) is 5.73 Å². The minimum absolute atomic E-state index is 0.786. The molecule has 2 rings (SSSR count). The summed E-state index contributed by atoms with van der Waals surface area (Å²) in [5, 5.41) is 0. The largest absolute Gasteiger partial charge is 0.398 e. The average Bonchev–Trinajstić information content (AvgIpc) is 2.56. The van der Waals surface area contributed by atoms with Crippen LogP contribution in [0.5, 0.6) is 0 Å². The third-order valence-corrected chi connectivity index (χ3v) is 3.95. The third-order valence-electron chi connectivity index (χ3n) is 3.95. The van der Waals surface area contributed by atoms with E-state index in [1.165, 1.54) is 36.9 Å². The van der Waals surface area contributed by atoms with Crippen molar-refractivity contribution >= 4 is 11.4 Å². The van der Waals surface area contributed by atoms with Crippen molar-refractivity contribution in [3.63, 3.8) is 0 Å². The van der Waals surface area contributed by atoms with E-state index < -0.39 is 0 Å². The maximum absolute atomic E-state index is 6.16. The van der Waals surface area contributed by atoms with Crippen LogP contribution in [0.25, 0.3) is 11.1 Å². The molecule has 22 heavy (non-hydrogen) atoms. The van der Waals surface area contributed by atoms with E-state index in [2.05, 4.69) is 48.0 Å². The normalized spacial score (nSPS) is 10.6. The molecule has 3 heteroatoms. The van der Waals surface area contributed by atoms with E-state index >= 15 is 0 Å². The Hall–Kier alpha value is -2.03. The Kier molecular flexibility index (Phi) is 6.26. The van der Waals surface area contributed by atoms with Crippen LogP contribution in [-0.4, -0.2) is 18.1 Å². The molecule has 0 unspecified atom stereocenters. The van der Waals surface area contributed by atoms with Gasteiger partial charge in [-0.2, -0.15) is 0 Å².